The molecule has 0 unspecified atom stereocenters. The van der Waals surface area contributed by atoms with Gasteiger partial charge in [-0.2, -0.15) is 0 Å². The lowest BCUT2D eigenvalue weighted by Crippen LogP contribution is -2.28. The zero-order chi connectivity index (χ0) is 14.6. The van der Waals surface area contributed by atoms with E-state index >= 15 is 0 Å². The first-order valence-electron chi connectivity index (χ1n) is 5.73. The number of nitrogens with zero attached hydrogens (tertiary/aromatic N) is 2. The standard InChI is InChI=1S/C12H16N2O5/c1-5-12(2,3)19-10-9(14(16)17)7-6-8(13-10)11(15)18-4/h6-7H,5H2,1-4H3. The molecule has 1 aromatic heterocycles. The van der Waals surface area contributed by atoms with E-state index in [4.69, 9.17) is 4.74 Å². The summed E-state index contributed by atoms with van der Waals surface area (Å²) >= 11 is 0. The molecule has 0 aromatic carbocycles. The Morgan fingerprint density at radius 2 is 2.11 bits per heavy atom. The summed E-state index contributed by atoms with van der Waals surface area (Å²) in [4.78, 5) is 25.5. The van der Waals surface area contributed by atoms with Crippen molar-refractivity contribution >= 4 is 11.7 Å². The predicted molar refractivity (Wildman–Crippen MR) is 67.2 cm³/mol. The lowest BCUT2D eigenvalue weighted by molar-refractivity contribution is -0.386. The Labute approximate surface area is 110 Å². The quantitative estimate of drug-likeness (QED) is 0.462. The van der Waals surface area contributed by atoms with Gasteiger partial charge >= 0.3 is 11.7 Å². The molecule has 7 heteroatoms. The molecule has 0 radical (unpaired) electrons. The molecule has 0 atom stereocenters. The van der Waals surface area contributed by atoms with Gasteiger partial charge in [0.2, 0.25) is 0 Å². The van der Waals surface area contributed by atoms with E-state index in [2.05, 4.69) is 9.72 Å². The molecule has 0 amide bonds. The summed E-state index contributed by atoms with van der Waals surface area (Å²) in [6.45, 7) is 5.45. The highest BCUT2D eigenvalue weighted by atomic mass is 16.6. The topological polar surface area (TPSA) is 91.6 Å². The van der Waals surface area contributed by atoms with Crippen molar-refractivity contribution in [3.05, 3.63) is 27.9 Å². The fourth-order valence-electron chi connectivity index (χ4n) is 1.20. The van der Waals surface area contributed by atoms with Gasteiger partial charge in [-0.15, -0.1) is 0 Å². The number of hydrogen-bond donors (Lipinski definition) is 0. The van der Waals surface area contributed by atoms with Gasteiger partial charge in [-0.1, -0.05) is 6.92 Å². The molecule has 1 aromatic rings. The summed E-state index contributed by atoms with van der Waals surface area (Å²) in [6, 6.07) is 2.41. The van der Waals surface area contributed by atoms with Crippen LogP contribution in [0.2, 0.25) is 0 Å². The van der Waals surface area contributed by atoms with Gasteiger partial charge in [-0.3, -0.25) is 10.1 Å². The highest BCUT2D eigenvalue weighted by Crippen LogP contribution is 2.29. The largest absolute Gasteiger partial charge is 0.467 e. The summed E-state index contributed by atoms with van der Waals surface area (Å²) in [7, 11) is 1.21. The number of nitro groups is 1. The van der Waals surface area contributed by atoms with Gasteiger partial charge < -0.3 is 9.47 Å². The number of carbonyl (C=O) groups is 1. The van der Waals surface area contributed by atoms with Gasteiger partial charge in [-0.05, 0) is 26.3 Å². The molecule has 0 aliphatic heterocycles. The first kappa shape index (κ1) is 14.9. The van der Waals surface area contributed by atoms with Crippen LogP contribution in [0.25, 0.3) is 0 Å². The van der Waals surface area contributed by atoms with Crippen molar-refractivity contribution in [1.29, 1.82) is 0 Å². The zero-order valence-electron chi connectivity index (χ0n) is 11.3. The number of ether oxygens (including phenoxy) is 2. The Bertz CT molecular complexity index is 499. The smallest absolute Gasteiger partial charge is 0.356 e. The molecule has 0 aliphatic rings. The normalized spacial score (nSPS) is 10.9. The Morgan fingerprint density at radius 1 is 1.47 bits per heavy atom. The molecule has 0 aliphatic carbocycles. The van der Waals surface area contributed by atoms with E-state index in [1.165, 1.54) is 19.2 Å². The minimum Gasteiger partial charge on any atom is -0.467 e. The molecule has 0 N–H and O–H groups in total. The molecule has 1 heterocycles. The van der Waals surface area contributed by atoms with Gasteiger partial charge in [0.15, 0.2) is 5.69 Å². The molecule has 0 saturated heterocycles. The fraction of sp³-hybridized carbons (Fsp3) is 0.500. The molecular formula is C12H16N2O5. The molecule has 7 nitrogen and oxygen atoms in total. The second kappa shape index (κ2) is 5.64. The number of carbonyl (C=O) groups excluding carboxylic acids is 1. The Balaban J connectivity index is 3.23. The van der Waals surface area contributed by atoms with Crippen molar-refractivity contribution in [3.8, 4) is 5.88 Å². The highest BCUT2D eigenvalue weighted by molar-refractivity contribution is 5.87. The molecular weight excluding hydrogens is 252 g/mol. The van der Waals surface area contributed by atoms with Crippen LogP contribution in [0.4, 0.5) is 5.69 Å². The summed E-state index contributed by atoms with van der Waals surface area (Å²) in [6.07, 6.45) is 0.633. The fourth-order valence-corrected chi connectivity index (χ4v) is 1.20. The number of hydrogen-bond acceptors (Lipinski definition) is 6. The Morgan fingerprint density at radius 3 is 2.58 bits per heavy atom. The average Bonchev–Trinajstić information content (AvgIpc) is 2.37. The number of pyridine rings is 1. The van der Waals surface area contributed by atoms with Crippen LogP contribution in [0.3, 0.4) is 0 Å². The van der Waals surface area contributed by atoms with E-state index in [0.717, 1.165) is 0 Å². The summed E-state index contributed by atoms with van der Waals surface area (Å²) in [5.74, 6) is -0.853. The van der Waals surface area contributed by atoms with Crippen molar-refractivity contribution in [2.75, 3.05) is 7.11 Å². The third-order valence-corrected chi connectivity index (χ3v) is 2.66. The Kier molecular flexibility index (Phi) is 4.42. The van der Waals surface area contributed by atoms with Crippen molar-refractivity contribution in [1.82, 2.24) is 4.98 Å². The third kappa shape index (κ3) is 3.64. The molecule has 0 bridgehead atoms. The summed E-state index contributed by atoms with van der Waals surface area (Å²) in [5.41, 5.74) is -0.934. The van der Waals surface area contributed by atoms with Crippen LogP contribution in [0.15, 0.2) is 12.1 Å². The lowest BCUT2D eigenvalue weighted by atomic mass is 10.1. The van der Waals surface area contributed by atoms with Gasteiger partial charge in [0.25, 0.3) is 5.88 Å². The van der Waals surface area contributed by atoms with Crippen LogP contribution in [0.5, 0.6) is 5.88 Å². The van der Waals surface area contributed by atoms with Crippen molar-refractivity contribution in [2.45, 2.75) is 32.8 Å². The molecule has 0 saturated carbocycles. The second-order valence-corrected chi connectivity index (χ2v) is 4.48. The van der Waals surface area contributed by atoms with Crippen molar-refractivity contribution in [2.24, 2.45) is 0 Å². The molecule has 19 heavy (non-hydrogen) atoms. The molecule has 0 fully saturated rings. The predicted octanol–water partition coefficient (Wildman–Crippen LogP) is 2.34. The average molecular weight is 268 g/mol. The highest BCUT2D eigenvalue weighted by Gasteiger charge is 2.26. The number of rotatable bonds is 5. The second-order valence-electron chi connectivity index (χ2n) is 4.48. The van der Waals surface area contributed by atoms with E-state index in [9.17, 15) is 14.9 Å². The minimum absolute atomic E-state index is 0.0324. The van der Waals surface area contributed by atoms with E-state index in [0.29, 0.717) is 6.42 Å². The first-order chi connectivity index (χ1) is 8.80. The van der Waals surface area contributed by atoms with Gasteiger partial charge in [0, 0.05) is 6.07 Å². The lowest BCUT2D eigenvalue weighted by Gasteiger charge is -2.23. The monoisotopic (exact) mass is 268 g/mol. The van der Waals surface area contributed by atoms with Gasteiger partial charge in [-0.25, -0.2) is 9.78 Å². The first-order valence-corrected chi connectivity index (χ1v) is 5.73. The van der Waals surface area contributed by atoms with Crippen molar-refractivity contribution < 1.29 is 19.2 Å². The van der Waals surface area contributed by atoms with Crippen LogP contribution < -0.4 is 4.74 Å². The Hall–Kier alpha value is -2.18. The van der Waals surface area contributed by atoms with E-state index in [1.54, 1.807) is 13.8 Å². The third-order valence-electron chi connectivity index (χ3n) is 2.66. The maximum atomic E-state index is 11.4. The molecule has 1 rings (SSSR count). The van der Waals surface area contributed by atoms with Crippen LogP contribution >= 0.6 is 0 Å². The van der Waals surface area contributed by atoms with Crippen LogP contribution in [-0.2, 0) is 4.74 Å². The SMILES string of the molecule is CCC(C)(C)Oc1nc(C(=O)OC)ccc1[N+](=O)[O-]. The van der Waals surface area contributed by atoms with E-state index < -0.39 is 16.5 Å². The van der Waals surface area contributed by atoms with Gasteiger partial charge in [0.05, 0.1) is 12.0 Å². The van der Waals surface area contributed by atoms with E-state index in [-0.39, 0.29) is 17.3 Å². The van der Waals surface area contributed by atoms with Crippen LogP contribution in [0.1, 0.15) is 37.7 Å². The molecule has 0 spiro atoms. The number of methoxy groups -OCH3 is 1. The molecule has 104 valence electrons. The summed E-state index contributed by atoms with van der Waals surface area (Å²) in [5, 5.41) is 10.9. The summed E-state index contributed by atoms with van der Waals surface area (Å²) < 4.78 is 10.0. The van der Waals surface area contributed by atoms with E-state index in [1.807, 2.05) is 6.92 Å². The maximum Gasteiger partial charge on any atom is 0.356 e. The van der Waals surface area contributed by atoms with Crippen LogP contribution in [-0.4, -0.2) is 28.6 Å². The maximum absolute atomic E-state index is 11.4. The minimum atomic E-state index is -0.672. The number of esters is 1. The van der Waals surface area contributed by atoms with Crippen LogP contribution in [0, 0.1) is 10.1 Å². The number of aromatic nitrogens is 1. The van der Waals surface area contributed by atoms with Gasteiger partial charge in [0.1, 0.15) is 5.60 Å². The zero-order valence-corrected chi connectivity index (χ0v) is 11.3. The van der Waals surface area contributed by atoms with Crippen molar-refractivity contribution in [3.63, 3.8) is 0 Å².